The number of rotatable bonds is 62. The molecule has 0 aromatic carbocycles. The van der Waals surface area contributed by atoms with Crippen molar-refractivity contribution >= 4 is 5.91 Å². The van der Waals surface area contributed by atoms with E-state index in [1.807, 2.05) is 0 Å². The van der Waals surface area contributed by atoms with Gasteiger partial charge in [0.05, 0.1) is 18.8 Å². The molecule has 0 fully saturated rings. The summed E-state index contributed by atoms with van der Waals surface area (Å²) in [6, 6.07) is -0.835. The van der Waals surface area contributed by atoms with Crippen molar-refractivity contribution in [2.45, 2.75) is 379 Å². The van der Waals surface area contributed by atoms with Crippen LogP contribution in [-0.4, -0.2) is 46.1 Å². The number of allylic oxidation sites excluding steroid dienone is 8. The van der Waals surface area contributed by atoms with Crippen LogP contribution in [0.1, 0.15) is 361 Å². The Balaban J connectivity index is 3.52. The van der Waals surface area contributed by atoms with Crippen LogP contribution < -0.4 is 5.32 Å². The van der Waals surface area contributed by atoms with Gasteiger partial charge in [0.15, 0.2) is 0 Å². The average molecular weight is 1040 g/mol. The molecule has 1 amide bonds. The number of amides is 1. The van der Waals surface area contributed by atoms with Gasteiger partial charge in [-0.1, -0.05) is 319 Å². The molecule has 0 aromatic rings. The Morgan fingerprint density at radius 2 is 0.595 bits per heavy atom. The minimum Gasteiger partial charge on any atom is -0.394 e. The fourth-order valence-corrected chi connectivity index (χ4v) is 10.5. The molecule has 0 heterocycles. The highest BCUT2D eigenvalue weighted by Crippen LogP contribution is 2.18. The van der Waals surface area contributed by atoms with Gasteiger partial charge in [-0.2, -0.15) is 0 Å². The lowest BCUT2D eigenvalue weighted by Gasteiger charge is -2.26. The normalized spacial score (nSPS) is 13.4. The van der Waals surface area contributed by atoms with Crippen LogP contribution in [-0.2, 0) is 4.79 Å². The number of unbranched alkanes of at least 4 members (excludes halogenated alkanes) is 46. The molecule has 5 nitrogen and oxygen atoms in total. The second-order valence-corrected chi connectivity index (χ2v) is 23.0. The molecule has 3 unspecified atom stereocenters. The van der Waals surface area contributed by atoms with Gasteiger partial charge in [0.25, 0.3) is 0 Å². The summed E-state index contributed by atoms with van der Waals surface area (Å²) in [4.78, 5) is 12.6. The summed E-state index contributed by atoms with van der Waals surface area (Å²) in [7, 11) is 0. The maximum absolute atomic E-state index is 12.6. The first kappa shape index (κ1) is 72.3. The molecule has 0 spiro atoms. The average Bonchev–Trinajstić information content (AvgIpc) is 3.41. The fraction of sp³-hybridized carbons (Fsp3) is 0.870. The van der Waals surface area contributed by atoms with E-state index < -0.39 is 18.2 Å². The summed E-state index contributed by atoms with van der Waals surface area (Å²) < 4.78 is 0. The molecule has 0 saturated carbocycles. The van der Waals surface area contributed by atoms with Gasteiger partial charge in [0.1, 0.15) is 6.10 Å². The molecule has 0 radical (unpaired) electrons. The van der Waals surface area contributed by atoms with Crippen molar-refractivity contribution in [2.75, 3.05) is 6.61 Å². The first-order chi connectivity index (χ1) is 36.6. The van der Waals surface area contributed by atoms with Gasteiger partial charge in [-0.25, -0.2) is 0 Å². The number of aliphatic hydroxyl groups excluding tert-OH is 3. The fourth-order valence-electron chi connectivity index (χ4n) is 10.5. The summed E-state index contributed by atoms with van der Waals surface area (Å²) in [5, 5.41) is 33.8. The maximum atomic E-state index is 12.6. The van der Waals surface area contributed by atoms with Gasteiger partial charge in [-0.05, 0) is 83.5 Å². The molecule has 0 aliphatic carbocycles. The first-order valence-electron chi connectivity index (χ1n) is 33.4. The lowest BCUT2D eigenvalue weighted by molar-refractivity contribution is -0.124. The standard InChI is InChI=1S/C69H131NO4/c1-3-5-7-9-11-13-15-17-19-21-23-25-27-28-29-30-31-32-33-34-35-36-37-38-39-40-42-44-46-48-50-52-54-56-58-60-62-64-68(73)70-66(65-71)69(74)67(72)63-61-59-57-55-53-51-49-47-45-43-41-26-24-22-20-18-16-14-12-10-8-6-4-2/h29-30,32-33,47,49,55,57,66-67,69,71-72,74H,3-28,31,34-46,48,50-54,56,58-65H2,1-2H3,(H,70,73)/b30-29-,33-32-,49-47+,57-55+. The molecule has 4 N–H and O–H groups in total. The van der Waals surface area contributed by atoms with E-state index in [-0.39, 0.29) is 12.5 Å². The van der Waals surface area contributed by atoms with E-state index in [1.54, 1.807) is 0 Å². The Kier molecular flexibility index (Phi) is 62.4. The number of carbonyl (C=O) groups excluding carboxylic acids is 1. The number of nitrogens with one attached hydrogen (secondary N) is 1. The number of aliphatic hydroxyl groups is 3. The van der Waals surface area contributed by atoms with Gasteiger partial charge in [-0.15, -0.1) is 0 Å². The summed E-state index contributed by atoms with van der Waals surface area (Å²) in [6.45, 7) is 4.21. The molecular weight excluding hydrogens is 907 g/mol. The largest absolute Gasteiger partial charge is 0.394 e. The Labute approximate surface area is 463 Å². The highest BCUT2D eigenvalue weighted by atomic mass is 16.3. The van der Waals surface area contributed by atoms with Crippen molar-refractivity contribution in [1.82, 2.24) is 5.32 Å². The number of hydrogen-bond acceptors (Lipinski definition) is 4. The van der Waals surface area contributed by atoms with Crippen LogP contribution >= 0.6 is 0 Å². The van der Waals surface area contributed by atoms with Crippen molar-refractivity contribution in [3.63, 3.8) is 0 Å². The van der Waals surface area contributed by atoms with Gasteiger partial charge in [0.2, 0.25) is 5.91 Å². The van der Waals surface area contributed by atoms with Gasteiger partial charge in [0, 0.05) is 6.42 Å². The monoisotopic (exact) mass is 1040 g/mol. The summed E-state index contributed by atoms with van der Waals surface area (Å²) in [5.41, 5.74) is 0. The summed E-state index contributed by atoms with van der Waals surface area (Å²) >= 11 is 0. The van der Waals surface area contributed by atoms with Crippen LogP contribution in [0.5, 0.6) is 0 Å². The van der Waals surface area contributed by atoms with Crippen molar-refractivity contribution in [2.24, 2.45) is 0 Å². The molecule has 0 aromatic heterocycles. The summed E-state index contributed by atoms with van der Waals surface area (Å²) in [6.07, 6.45) is 86.1. The molecule has 5 heteroatoms. The molecule has 0 bridgehead atoms. The minimum absolute atomic E-state index is 0.154. The molecular formula is C69H131NO4. The molecule has 0 saturated heterocycles. The topological polar surface area (TPSA) is 89.8 Å². The van der Waals surface area contributed by atoms with Crippen LogP contribution in [0.2, 0.25) is 0 Å². The predicted octanol–water partition coefficient (Wildman–Crippen LogP) is 21.5. The highest BCUT2D eigenvalue weighted by molar-refractivity contribution is 5.76. The quantitative estimate of drug-likeness (QED) is 0.0361. The smallest absolute Gasteiger partial charge is 0.220 e. The Morgan fingerprint density at radius 3 is 0.905 bits per heavy atom. The van der Waals surface area contributed by atoms with Crippen molar-refractivity contribution in [1.29, 1.82) is 0 Å². The van der Waals surface area contributed by atoms with Gasteiger partial charge >= 0.3 is 0 Å². The first-order valence-corrected chi connectivity index (χ1v) is 33.4. The van der Waals surface area contributed by atoms with Gasteiger partial charge in [-0.3, -0.25) is 4.79 Å². The van der Waals surface area contributed by atoms with Crippen LogP contribution in [0.15, 0.2) is 48.6 Å². The zero-order valence-corrected chi connectivity index (χ0v) is 50.0. The third kappa shape index (κ3) is 58.0. The van der Waals surface area contributed by atoms with E-state index in [9.17, 15) is 20.1 Å². The van der Waals surface area contributed by atoms with E-state index in [4.69, 9.17) is 0 Å². The molecule has 0 aliphatic heterocycles. The Morgan fingerprint density at radius 1 is 0.338 bits per heavy atom. The van der Waals surface area contributed by atoms with Crippen LogP contribution in [0.3, 0.4) is 0 Å². The molecule has 436 valence electrons. The van der Waals surface area contributed by atoms with E-state index in [2.05, 4.69) is 67.8 Å². The van der Waals surface area contributed by atoms with E-state index in [0.717, 1.165) is 51.4 Å². The van der Waals surface area contributed by atoms with E-state index in [0.29, 0.717) is 12.8 Å². The molecule has 0 aliphatic rings. The third-order valence-electron chi connectivity index (χ3n) is 15.6. The van der Waals surface area contributed by atoms with Crippen LogP contribution in [0.4, 0.5) is 0 Å². The number of carbonyl (C=O) groups is 1. The maximum Gasteiger partial charge on any atom is 0.220 e. The lowest BCUT2D eigenvalue weighted by atomic mass is 10.0. The number of hydrogen-bond donors (Lipinski definition) is 4. The summed E-state index contributed by atoms with van der Waals surface area (Å²) in [5.74, 6) is -0.154. The zero-order chi connectivity index (χ0) is 53.6. The second-order valence-electron chi connectivity index (χ2n) is 23.0. The van der Waals surface area contributed by atoms with Crippen molar-refractivity contribution in [3.8, 4) is 0 Å². The third-order valence-corrected chi connectivity index (χ3v) is 15.6. The predicted molar refractivity (Wildman–Crippen MR) is 328 cm³/mol. The lowest BCUT2D eigenvalue weighted by Crippen LogP contribution is -2.50. The molecule has 3 atom stereocenters. The second kappa shape index (κ2) is 63.8. The Hall–Kier alpha value is -1.69. The van der Waals surface area contributed by atoms with Crippen molar-refractivity contribution < 1.29 is 20.1 Å². The zero-order valence-electron chi connectivity index (χ0n) is 50.0. The van der Waals surface area contributed by atoms with Crippen LogP contribution in [0.25, 0.3) is 0 Å². The van der Waals surface area contributed by atoms with Gasteiger partial charge < -0.3 is 20.6 Å². The van der Waals surface area contributed by atoms with Crippen LogP contribution in [0, 0.1) is 0 Å². The molecule has 0 rings (SSSR count). The Bertz CT molecular complexity index is 1190. The van der Waals surface area contributed by atoms with Crippen molar-refractivity contribution in [3.05, 3.63) is 48.6 Å². The minimum atomic E-state index is -1.17. The van der Waals surface area contributed by atoms with E-state index in [1.165, 1.54) is 283 Å². The highest BCUT2D eigenvalue weighted by Gasteiger charge is 2.26. The SMILES string of the molecule is CCCCCCCCCCCCCCC/C=C\C/C=C\CCCCCCCCCCCCCCCCCCCC(=O)NC(CO)C(O)C(O)CCC/C=C/CC/C=C/CCCCCCCCCCCCCCCC. The van der Waals surface area contributed by atoms with E-state index >= 15 is 0 Å². The molecule has 74 heavy (non-hydrogen) atoms.